The maximum atomic E-state index is 5.32. The highest BCUT2D eigenvalue weighted by molar-refractivity contribution is 5.30. The molecule has 1 rings (SSSR count). The van der Waals surface area contributed by atoms with Crippen LogP contribution in [-0.2, 0) is 0 Å². The molecule has 124 valence electrons. The van der Waals surface area contributed by atoms with Gasteiger partial charge >= 0.3 is 0 Å². The Morgan fingerprint density at radius 1 is 1.10 bits per heavy atom. The van der Waals surface area contributed by atoms with Crippen molar-refractivity contribution in [2.75, 3.05) is 19.6 Å². The fraction of sp³-hybridized carbons (Fsp3) is 0.474. The predicted octanol–water partition coefficient (Wildman–Crippen LogP) is 5.02. The van der Waals surface area contributed by atoms with E-state index in [1.54, 1.807) is 0 Å². The summed E-state index contributed by atoms with van der Waals surface area (Å²) in [5.41, 5.74) is 8.15. The minimum atomic E-state index is 0.636. The highest BCUT2D eigenvalue weighted by Gasteiger charge is 2.05. The van der Waals surface area contributed by atoms with E-state index in [1.165, 1.54) is 17.6 Å². The van der Waals surface area contributed by atoms with E-state index in [2.05, 4.69) is 72.0 Å². The van der Waals surface area contributed by atoms with Crippen LogP contribution in [0.5, 0.6) is 0 Å². The highest BCUT2D eigenvalue weighted by Crippen LogP contribution is 2.08. The van der Waals surface area contributed by atoms with E-state index in [0.717, 1.165) is 19.5 Å². The molecule has 2 heteroatoms. The molecule has 0 aromatic rings. The number of rotatable bonds is 3. The van der Waals surface area contributed by atoms with Crippen molar-refractivity contribution in [1.29, 1.82) is 0 Å². The molecule has 0 saturated heterocycles. The summed E-state index contributed by atoms with van der Waals surface area (Å²) in [4.78, 5) is 0. The van der Waals surface area contributed by atoms with E-state index >= 15 is 0 Å². The number of hydrogen-bond acceptors (Lipinski definition) is 2. The van der Waals surface area contributed by atoms with Crippen LogP contribution in [0.25, 0.3) is 0 Å². The number of allylic oxidation sites excluding steroid dienone is 1. The maximum absolute atomic E-state index is 5.32. The molecule has 2 nitrogen and oxygen atoms in total. The van der Waals surface area contributed by atoms with Crippen LogP contribution in [0.1, 0.15) is 40.5 Å². The molecule has 0 unspecified atom stereocenters. The lowest BCUT2D eigenvalue weighted by Crippen LogP contribution is -2.08. The summed E-state index contributed by atoms with van der Waals surface area (Å²) >= 11 is 0. The van der Waals surface area contributed by atoms with Gasteiger partial charge in [-0.2, -0.15) is 0 Å². The molecule has 0 amide bonds. The van der Waals surface area contributed by atoms with Gasteiger partial charge in [-0.05, 0) is 18.9 Å². The van der Waals surface area contributed by atoms with Gasteiger partial charge in [0.1, 0.15) is 0 Å². The largest absolute Gasteiger partial charge is 0.327 e. The zero-order chi connectivity index (χ0) is 17.5. The van der Waals surface area contributed by atoms with Gasteiger partial charge in [0.15, 0.2) is 0 Å². The normalized spacial score (nSPS) is 11.7. The van der Waals surface area contributed by atoms with Gasteiger partial charge in [0, 0.05) is 19.6 Å². The molecule has 0 aromatic heterocycles. The molecule has 0 aromatic carbocycles. The quantitative estimate of drug-likeness (QED) is 0.717. The van der Waals surface area contributed by atoms with Gasteiger partial charge in [-0.25, -0.2) is 0 Å². The molecule has 0 saturated carbocycles. The minimum absolute atomic E-state index is 0.636. The SMILES string of the molecule is C=C.C=C.C=CCC.CC1=C(/C=C\CN)CNC1.CCC. The zero-order valence-corrected chi connectivity index (χ0v) is 14.9. The maximum Gasteiger partial charge on any atom is 0.0208 e. The third-order valence-corrected chi connectivity index (χ3v) is 2.00. The molecule has 21 heavy (non-hydrogen) atoms. The van der Waals surface area contributed by atoms with Crippen molar-refractivity contribution in [3.8, 4) is 0 Å². The molecule has 0 radical (unpaired) electrons. The van der Waals surface area contributed by atoms with Gasteiger partial charge in [-0.15, -0.1) is 32.9 Å². The second-order valence-corrected chi connectivity index (χ2v) is 3.95. The van der Waals surface area contributed by atoms with Crippen molar-refractivity contribution < 1.29 is 0 Å². The average Bonchev–Trinajstić information content (AvgIpc) is 2.95. The van der Waals surface area contributed by atoms with Crippen LogP contribution in [0.2, 0.25) is 0 Å². The minimum Gasteiger partial charge on any atom is -0.327 e. The molecule has 3 N–H and O–H groups in total. The van der Waals surface area contributed by atoms with Gasteiger partial charge < -0.3 is 11.1 Å². The lowest BCUT2D eigenvalue weighted by atomic mass is 10.2. The summed E-state index contributed by atoms with van der Waals surface area (Å²) in [6.45, 7) is 26.6. The van der Waals surface area contributed by atoms with Crippen molar-refractivity contribution in [2.24, 2.45) is 5.73 Å². The first-order valence-electron chi connectivity index (χ1n) is 7.54. The standard InChI is InChI=1S/C8H14N2.C4H8.C3H8.2C2H4/c1-7-5-10-6-8(7)3-2-4-9;1-3-4-2;1-3-2;2*1-2/h2-3,10H,4-6,9H2,1H3;3H,1,4H2,2H3;3H2,1-2H3;2*1-2H2/b3-2-;;;;. The smallest absolute Gasteiger partial charge is 0.0208 e. The Morgan fingerprint density at radius 2 is 1.52 bits per heavy atom. The molecule has 0 aliphatic carbocycles. The molecule has 0 bridgehead atoms. The Morgan fingerprint density at radius 3 is 1.76 bits per heavy atom. The van der Waals surface area contributed by atoms with Crippen LogP contribution < -0.4 is 11.1 Å². The fourth-order valence-corrected chi connectivity index (χ4v) is 1.06. The first-order chi connectivity index (χ1) is 10.2. The topological polar surface area (TPSA) is 38.0 Å². The molecule has 1 heterocycles. The van der Waals surface area contributed by atoms with Crippen LogP contribution in [0.3, 0.4) is 0 Å². The van der Waals surface area contributed by atoms with Gasteiger partial charge in [0.2, 0.25) is 0 Å². The summed E-state index contributed by atoms with van der Waals surface area (Å²) in [6.07, 6.45) is 8.31. The van der Waals surface area contributed by atoms with Crippen molar-refractivity contribution in [1.82, 2.24) is 5.32 Å². The lowest BCUT2D eigenvalue weighted by molar-refractivity contribution is 0.868. The van der Waals surface area contributed by atoms with Crippen LogP contribution >= 0.6 is 0 Å². The van der Waals surface area contributed by atoms with E-state index in [4.69, 9.17) is 5.73 Å². The summed E-state index contributed by atoms with van der Waals surface area (Å²) in [5, 5.41) is 3.26. The Hall–Kier alpha value is -1.38. The highest BCUT2D eigenvalue weighted by atomic mass is 14.9. The van der Waals surface area contributed by atoms with E-state index in [1.807, 2.05) is 12.2 Å². The van der Waals surface area contributed by atoms with E-state index in [-0.39, 0.29) is 0 Å². The van der Waals surface area contributed by atoms with Gasteiger partial charge in [-0.3, -0.25) is 0 Å². The molecule has 0 atom stereocenters. The summed E-state index contributed by atoms with van der Waals surface area (Å²) in [6, 6.07) is 0. The average molecular weight is 295 g/mol. The first-order valence-corrected chi connectivity index (χ1v) is 7.54. The summed E-state index contributed by atoms with van der Waals surface area (Å²) < 4.78 is 0. The van der Waals surface area contributed by atoms with E-state index in [0.29, 0.717) is 6.54 Å². The molecular weight excluding hydrogens is 256 g/mol. The van der Waals surface area contributed by atoms with Crippen molar-refractivity contribution >= 4 is 0 Å². The second-order valence-electron chi connectivity index (χ2n) is 3.95. The lowest BCUT2D eigenvalue weighted by Gasteiger charge is -1.91. The van der Waals surface area contributed by atoms with Crippen LogP contribution in [-0.4, -0.2) is 19.6 Å². The molecule has 0 spiro atoms. The Bertz CT molecular complexity index is 250. The van der Waals surface area contributed by atoms with Crippen molar-refractivity contribution in [3.63, 3.8) is 0 Å². The van der Waals surface area contributed by atoms with Gasteiger partial charge in [0.05, 0.1) is 0 Å². The monoisotopic (exact) mass is 294 g/mol. The summed E-state index contributed by atoms with van der Waals surface area (Å²) in [7, 11) is 0. The van der Waals surface area contributed by atoms with Crippen LogP contribution in [0.4, 0.5) is 0 Å². The number of nitrogens with one attached hydrogen (secondary N) is 1. The third kappa shape index (κ3) is 27.7. The Kier molecular flexibility index (Phi) is 41.4. The third-order valence-electron chi connectivity index (χ3n) is 2.00. The molecule has 1 aliphatic rings. The predicted molar refractivity (Wildman–Crippen MR) is 103 cm³/mol. The van der Waals surface area contributed by atoms with Crippen LogP contribution in [0, 0.1) is 0 Å². The van der Waals surface area contributed by atoms with Crippen molar-refractivity contribution in [2.45, 2.75) is 40.5 Å². The van der Waals surface area contributed by atoms with Crippen molar-refractivity contribution in [3.05, 3.63) is 62.3 Å². The zero-order valence-electron chi connectivity index (χ0n) is 14.9. The van der Waals surface area contributed by atoms with E-state index < -0.39 is 0 Å². The summed E-state index contributed by atoms with van der Waals surface area (Å²) in [5.74, 6) is 0. The number of nitrogens with two attached hydrogens (primary N) is 1. The molecule has 1 aliphatic heterocycles. The molecular formula is C19H38N2. The Labute approximate surface area is 134 Å². The van der Waals surface area contributed by atoms with Crippen LogP contribution in [0.15, 0.2) is 62.3 Å². The van der Waals surface area contributed by atoms with Gasteiger partial charge in [0.25, 0.3) is 0 Å². The Balaban J connectivity index is -0.000000111. The van der Waals surface area contributed by atoms with E-state index in [9.17, 15) is 0 Å². The molecule has 0 fully saturated rings. The number of hydrogen-bond donors (Lipinski definition) is 2. The second kappa shape index (κ2) is 31.2. The fourth-order valence-electron chi connectivity index (χ4n) is 1.06. The first kappa shape index (κ1) is 27.9. The van der Waals surface area contributed by atoms with Gasteiger partial charge in [-0.1, -0.05) is 51.0 Å².